The first-order valence-electron chi connectivity index (χ1n) is 5.91. The van der Waals surface area contributed by atoms with E-state index >= 15 is 0 Å². The SMILES string of the molecule is N#CCC1CC(Cc2ccccc2)CCS1. The van der Waals surface area contributed by atoms with Crippen LogP contribution in [0.15, 0.2) is 30.3 Å². The van der Waals surface area contributed by atoms with Crippen molar-refractivity contribution in [2.45, 2.75) is 30.9 Å². The lowest BCUT2D eigenvalue weighted by molar-refractivity contribution is 0.451. The number of nitriles is 1. The molecule has 2 rings (SSSR count). The Balaban J connectivity index is 1.88. The van der Waals surface area contributed by atoms with Gasteiger partial charge in [0, 0.05) is 11.7 Å². The first-order chi connectivity index (χ1) is 7.88. The highest BCUT2D eigenvalue weighted by Gasteiger charge is 2.22. The molecule has 1 aromatic carbocycles. The molecule has 1 aliphatic rings. The molecular formula is C14H17NS. The van der Waals surface area contributed by atoms with Gasteiger partial charge in [-0.1, -0.05) is 30.3 Å². The minimum atomic E-state index is 0.576. The molecule has 0 saturated carbocycles. The highest BCUT2D eigenvalue weighted by atomic mass is 32.2. The maximum absolute atomic E-state index is 8.73. The molecule has 2 unspecified atom stereocenters. The Hall–Kier alpha value is -0.940. The second kappa shape index (κ2) is 5.96. The van der Waals surface area contributed by atoms with Crippen molar-refractivity contribution in [3.05, 3.63) is 35.9 Å². The van der Waals surface area contributed by atoms with Gasteiger partial charge in [0.15, 0.2) is 0 Å². The molecular weight excluding hydrogens is 214 g/mol. The molecule has 0 aliphatic carbocycles. The van der Waals surface area contributed by atoms with E-state index < -0.39 is 0 Å². The second-order valence-corrected chi connectivity index (χ2v) is 5.84. The Morgan fingerprint density at radius 1 is 1.31 bits per heavy atom. The van der Waals surface area contributed by atoms with Gasteiger partial charge in [0.1, 0.15) is 0 Å². The Kier molecular flexibility index (Phi) is 4.30. The zero-order valence-corrected chi connectivity index (χ0v) is 10.2. The van der Waals surface area contributed by atoms with E-state index in [0.717, 1.165) is 12.3 Å². The Morgan fingerprint density at radius 2 is 2.12 bits per heavy atom. The first kappa shape index (κ1) is 11.5. The lowest BCUT2D eigenvalue weighted by atomic mass is 9.91. The highest BCUT2D eigenvalue weighted by Crippen LogP contribution is 2.33. The van der Waals surface area contributed by atoms with Crippen molar-refractivity contribution in [3.8, 4) is 6.07 Å². The third kappa shape index (κ3) is 3.28. The number of hydrogen-bond acceptors (Lipinski definition) is 2. The summed E-state index contributed by atoms with van der Waals surface area (Å²) in [6.07, 6.45) is 4.42. The third-order valence-corrected chi connectivity index (χ3v) is 4.46. The van der Waals surface area contributed by atoms with E-state index in [1.807, 2.05) is 11.8 Å². The summed E-state index contributed by atoms with van der Waals surface area (Å²) < 4.78 is 0. The van der Waals surface area contributed by atoms with Gasteiger partial charge in [0.2, 0.25) is 0 Å². The monoisotopic (exact) mass is 231 g/mol. The summed E-state index contributed by atoms with van der Waals surface area (Å²) in [6, 6.07) is 13.0. The van der Waals surface area contributed by atoms with Crippen LogP contribution in [0.5, 0.6) is 0 Å². The van der Waals surface area contributed by atoms with Crippen LogP contribution in [0.2, 0.25) is 0 Å². The summed E-state index contributed by atoms with van der Waals surface area (Å²) in [5.41, 5.74) is 1.44. The predicted molar refractivity (Wildman–Crippen MR) is 69.3 cm³/mol. The molecule has 1 fully saturated rings. The van der Waals surface area contributed by atoms with E-state index in [1.54, 1.807) is 0 Å². The highest BCUT2D eigenvalue weighted by molar-refractivity contribution is 7.99. The van der Waals surface area contributed by atoms with Crippen LogP contribution in [0.3, 0.4) is 0 Å². The van der Waals surface area contributed by atoms with Gasteiger partial charge in [0.05, 0.1) is 6.07 Å². The first-order valence-corrected chi connectivity index (χ1v) is 6.96. The van der Waals surface area contributed by atoms with E-state index in [-0.39, 0.29) is 0 Å². The fourth-order valence-corrected chi connectivity index (χ4v) is 3.74. The molecule has 1 aromatic rings. The van der Waals surface area contributed by atoms with E-state index in [9.17, 15) is 0 Å². The van der Waals surface area contributed by atoms with Crippen LogP contribution < -0.4 is 0 Å². The van der Waals surface area contributed by atoms with E-state index in [2.05, 4.69) is 36.4 Å². The van der Waals surface area contributed by atoms with Crippen LogP contribution in [0.4, 0.5) is 0 Å². The number of benzene rings is 1. The topological polar surface area (TPSA) is 23.8 Å². The summed E-state index contributed by atoms with van der Waals surface area (Å²) >= 11 is 1.98. The quantitative estimate of drug-likeness (QED) is 0.792. The molecule has 1 nitrogen and oxygen atoms in total. The van der Waals surface area contributed by atoms with Crippen molar-refractivity contribution >= 4 is 11.8 Å². The number of hydrogen-bond donors (Lipinski definition) is 0. The Bertz CT molecular complexity index is 355. The van der Waals surface area contributed by atoms with Crippen molar-refractivity contribution in [3.63, 3.8) is 0 Å². The van der Waals surface area contributed by atoms with Crippen molar-refractivity contribution in [2.24, 2.45) is 5.92 Å². The van der Waals surface area contributed by atoms with Crippen LogP contribution in [-0.4, -0.2) is 11.0 Å². The Labute approximate surface area is 102 Å². The average molecular weight is 231 g/mol. The molecule has 0 spiro atoms. The molecule has 0 radical (unpaired) electrons. The summed E-state index contributed by atoms with van der Waals surface area (Å²) in [5, 5.41) is 9.31. The van der Waals surface area contributed by atoms with Crippen LogP contribution in [0, 0.1) is 17.2 Å². The van der Waals surface area contributed by atoms with Gasteiger partial charge in [-0.2, -0.15) is 17.0 Å². The van der Waals surface area contributed by atoms with Gasteiger partial charge < -0.3 is 0 Å². The molecule has 1 aliphatic heterocycles. The molecule has 0 aromatic heterocycles. The number of rotatable bonds is 3. The van der Waals surface area contributed by atoms with Gasteiger partial charge in [0.25, 0.3) is 0 Å². The maximum Gasteiger partial charge on any atom is 0.0633 e. The van der Waals surface area contributed by atoms with Crippen molar-refractivity contribution in [2.75, 3.05) is 5.75 Å². The standard InChI is InChI=1S/C14H17NS/c15-8-6-14-11-13(7-9-16-14)10-12-4-2-1-3-5-12/h1-5,13-14H,6-7,9-11H2. The van der Waals surface area contributed by atoms with Gasteiger partial charge in [-0.15, -0.1) is 0 Å². The molecule has 0 N–H and O–H groups in total. The molecule has 1 saturated heterocycles. The molecule has 0 amide bonds. The van der Waals surface area contributed by atoms with E-state index in [0.29, 0.717) is 5.25 Å². The van der Waals surface area contributed by atoms with E-state index in [1.165, 1.54) is 30.6 Å². The van der Waals surface area contributed by atoms with Crippen LogP contribution in [0.1, 0.15) is 24.8 Å². The third-order valence-electron chi connectivity index (χ3n) is 3.16. The minimum absolute atomic E-state index is 0.576. The van der Waals surface area contributed by atoms with Gasteiger partial charge in [-0.3, -0.25) is 0 Å². The molecule has 1 heterocycles. The van der Waals surface area contributed by atoms with Crippen molar-refractivity contribution in [1.82, 2.24) is 0 Å². The number of thioether (sulfide) groups is 1. The number of nitrogens with zero attached hydrogens (tertiary/aromatic N) is 1. The summed E-state index contributed by atoms with van der Waals surface area (Å²) in [6.45, 7) is 0. The molecule has 2 atom stereocenters. The van der Waals surface area contributed by atoms with Crippen LogP contribution in [0.25, 0.3) is 0 Å². The normalized spacial score (nSPS) is 24.9. The predicted octanol–water partition coefficient (Wildman–Crippen LogP) is 3.65. The van der Waals surface area contributed by atoms with Gasteiger partial charge in [-0.05, 0) is 36.5 Å². The summed E-state index contributed by atoms with van der Waals surface area (Å²) in [7, 11) is 0. The fourth-order valence-electron chi connectivity index (χ4n) is 2.34. The van der Waals surface area contributed by atoms with E-state index in [4.69, 9.17) is 5.26 Å². The second-order valence-electron chi connectivity index (χ2n) is 4.44. The van der Waals surface area contributed by atoms with Gasteiger partial charge in [-0.25, -0.2) is 0 Å². The molecule has 2 heteroatoms. The van der Waals surface area contributed by atoms with Crippen LogP contribution >= 0.6 is 11.8 Å². The van der Waals surface area contributed by atoms with Crippen molar-refractivity contribution in [1.29, 1.82) is 5.26 Å². The molecule has 84 valence electrons. The summed E-state index contributed by atoms with van der Waals surface area (Å²) in [4.78, 5) is 0. The zero-order valence-electron chi connectivity index (χ0n) is 9.43. The maximum atomic E-state index is 8.73. The summed E-state index contributed by atoms with van der Waals surface area (Å²) in [5.74, 6) is 2.01. The van der Waals surface area contributed by atoms with Crippen LogP contribution in [-0.2, 0) is 6.42 Å². The largest absolute Gasteiger partial charge is 0.198 e. The zero-order chi connectivity index (χ0) is 11.2. The average Bonchev–Trinajstić information content (AvgIpc) is 2.31. The lowest BCUT2D eigenvalue weighted by Crippen LogP contribution is -2.19. The molecule has 0 bridgehead atoms. The minimum Gasteiger partial charge on any atom is -0.198 e. The fraction of sp³-hybridized carbons (Fsp3) is 0.500. The Morgan fingerprint density at radius 3 is 2.88 bits per heavy atom. The van der Waals surface area contributed by atoms with Crippen molar-refractivity contribution < 1.29 is 0 Å². The smallest absolute Gasteiger partial charge is 0.0633 e. The van der Waals surface area contributed by atoms with Gasteiger partial charge >= 0.3 is 0 Å². The lowest BCUT2D eigenvalue weighted by Gasteiger charge is -2.27. The molecule has 16 heavy (non-hydrogen) atoms.